The summed E-state index contributed by atoms with van der Waals surface area (Å²) in [5, 5.41) is 0. The minimum atomic E-state index is 1.13. The fourth-order valence-electron chi connectivity index (χ4n) is 2.31. The van der Waals surface area contributed by atoms with Crippen molar-refractivity contribution in [2.75, 3.05) is 0 Å². The molecule has 2 aliphatic rings. The number of rotatable bonds is 2. The van der Waals surface area contributed by atoms with Gasteiger partial charge in [0.2, 0.25) is 0 Å². The van der Waals surface area contributed by atoms with Gasteiger partial charge in [-0.25, -0.2) is 0 Å². The van der Waals surface area contributed by atoms with Crippen molar-refractivity contribution in [1.82, 2.24) is 0 Å². The first-order valence-corrected chi connectivity index (χ1v) is 3.86. The molecule has 0 aromatic rings. The van der Waals surface area contributed by atoms with Crippen LogP contribution in [0.3, 0.4) is 0 Å². The molecular weight excluding hydrogens is 96.1 g/mol. The highest BCUT2D eigenvalue weighted by Crippen LogP contribution is 2.74. The Morgan fingerprint density at radius 3 is 2.25 bits per heavy atom. The van der Waals surface area contributed by atoms with E-state index in [1.165, 1.54) is 30.6 Å². The van der Waals surface area contributed by atoms with Crippen LogP contribution in [0.25, 0.3) is 0 Å². The second kappa shape index (κ2) is 1.29. The van der Waals surface area contributed by atoms with Crippen molar-refractivity contribution < 1.29 is 0 Å². The van der Waals surface area contributed by atoms with Crippen LogP contribution in [0.2, 0.25) is 0 Å². The molecule has 0 heterocycles. The fraction of sp³-hybridized carbons (Fsp3) is 1.00. The molecule has 0 N–H and O–H groups in total. The summed E-state index contributed by atoms with van der Waals surface area (Å²) in [4.78, 5) is 0. The zero-order valence-corrected chi connectivity index (χ0v) is 5.72. The zero-order valence-electron chi connectivity index (χ0n) is 5.72. The highest BCUT2D eigenvalue weighted by Gasteiger charge is 2.69. The molecule has 0 aliphatic heterocycles. The smallest absolute Gasteiger partial charge is 0.0321 e. The number of fused-ring (bicyclic) bond motifs is 1. The molecule has 8 heavy (non-hydrogen) atoms. The monoisotopic (exact) mass is 110 g/mol. The third-order valence-electron chi connectivity index (χ3n) is 2.99. The normalized spacial score (nSPS) is 57.8. The highest BCUT2D eigenvalue weighted by molar-refractivity contribution is 5.16. The first-order chi connectivity index (χ1) is 3.86. The Morgan fingerprint density at radius 2 is 1.88 bits per heavy atom. The van der Waals surface area contributed by atoms with Crippen LogP contribution in [0.1, 0.15) is 26.7 Å². The van der Waals surface area contributed by atoms with E-state index in [9.17, 15) is 0 Å². The first-order valence-electron chi connectivity index (χ1n) is 3.86. The average molecular weight is 110 g/mol. The van der Waals surface area contributed by atoms with Gasteiger partial charge in [-0.1, -0.05) is 26.7 Å². The van der Waals surface area contributed by atoms with Gasteiger partial charge in [-0.2, -0.15) is 0 Å². The first kappa shape index (κ1) is 4.84. The van der Waals surface area contributed by atoms with E-state index in [-0.39, 0.29) is 0 Å². The van der Waals surface area contributed by atoms with E-state index >= 15 is 0 Å². The second-order valence-electron chi connectivity index (χ2n) is 3.47. The predicted octanol–water partition coefficient (Wildman–Crippen LogP) is 2.30. The van der Waals surface area contributed by atoms with Gasteiger partial charge in [0.05, 0.1) is 0 Å². The lowest BCUT2D eigenvalue weighted by molar-refractivity contribution is 0.469. The summed E-state index contributed by atoms with van der Waals surface area (Å²) in [5.41, 5.74) is 0. The molecule has 0 bridgehead atoms. The van der Waals surface area contributed by atoms with Crippen molar-refractivity contribution in [2.45, 2.75) is 26.7 Å². The Labute approximate surface area is 51.3 Å². The molecule has 2 aliphatic carbocycles. The maximum Gasteiger partial charge on any atom is -0.0321 e. The van der Waals surface area contributed by atoms with Gasteiger partial charge in [0.1, 0.15) is 0 Å². The highest BCUT2D eigenvalue weighted by atomic mass is 14.7. The largest absolute Gasteiger partial charge is 0.0654 e. The van der Waals surface area contributed by atoms with Crippen molar-refractivity contribution in [3.63, 3.8) is 0 Å². The third-order valence-corrected chi connectivity index (χ3v) is 2.99. The van der Waals surface area contributed by atoms with Crippen LogP contribution in [-0.2, 0) is 0 Å². The maximum atomic E-state index is 2.39. The SMILES string of the molecule is CCCC1C2C(C)C12. The average Bonchev–Trinajstić information content (AvgIpc) is 2.57. The Balaban J connectivity index is 1.73. The summed E-state index contributed by atoms with van der Waals surface area (Å²) < 4.78 is 0. The van der Waals surface area contributed by atoms with E-state index < -0.39 is 0 Å². The van der Waals surface area contributed by atoms with Crippen molar-refractivity contribution in [1.29, 1.82) is 0 Å². The van der Waals surface area contributed by atoms with Crippen molar-refractivity contribution in [3.8, 4) is 0 Å². The summed E-state index contributed by atoms with van der Waals surface area (Å²) in [6, 6.07) is 0. The quantitative estimate of drug-likeness (QED) is 0.511. The molecule has 2 rings (SSSR count). The minimum Gasteiger partial charge on any atom is -0.0654 e. The lowest BCUT2D eigenvalue weighted by Gasteiger charge is -2.03. The molecule has 2 unspecified atom stereocenters. The lowest BCUT2D eigenvalue weighted by Crippen LogP contribution is -1.94. The molecule has 2 atom stereocenters. The van der Waals surface area contributed by atoms with Crippen LogP contribution in [0.5, 0.6) is 0 Å². The van der Waals surface area contributed by atoms with Crippen LogP contribution < -0.4 is 0 Å². The Morgan fingerprint density at radius 1 is 1.25 bits per heavy atom. The van der Waals surface area contributed by atoms with Gasteiger partial charge in [0.25, 0.3) is 0 Å². The van der Waals surface area contributed by atoms with Crippen molar-refractivity contribution in [3.05, 3.63) is 0 Å². The molecular formula is C8H14. The molecule has 0 aromatic carbocycles. The summed E-state index contributed by atoms with van der Waals surface area (Å²) in [6.45, 7) is 4.68. The van der Waals surface area contributed by atoms with E-state index in [1.807, 2.05) is 0 Å². The number of hydrogen-bond donors (Lipinski definition) is 0. The molecule has 0 aromatic heterocycles. The van der Waals surface area contributed by atoms with E-state index in [4.69, 9.17) is 0 Å². The van der Waals surface area contributed by atoms with Crippen LogP contribution in [0.4, 0.5) is 0 Å². The lowest BCUT2D eigenvalue weighted by atomic mass is 10.0. The van der Waals surface area contributed by atoms with Crippen molar-refractivity contribution in [2.24, 2.45) is 23.7 Å². The molecule has 0 saturated heterocycles. The molecule has 0 spiro atoms. The standard InChI is InChI=1S/C8H14/c1-3-4-6-7-5(2)8(6)7/h5-8H,3-4H2,1-2H3. The summed E-state index contributed by atoms with van der Waals surface area (Å²) >= 11 is 0. The van der Waals surface area contributed by atoms with Gasteiger partial charge >= 0.3 is 0 Å². The van der Waals surface area contributed by atoms with E-state index in [1.54, 1.807) is 0 Å². The van der Waals surface area contributed by atoms with E-state index in [2.05, 4.69) is 13.8 Å². The predicted molar refractivity (Wildman–Crippen MR) is 34.5 cm³/mol. The molecule has 2 saturated carbocycles. The molecule has 0 nitrogen and oxygen atoms in total. The molecule has 0 amide bonds. The summed E-state index contributed by atoms with van der Waals surface area (Å²) in [7, 11) is 0. The molecule has 0 radical (unpaired) electrons. The topological polar surface area (TPSA) is 0 Å². The second-order valence-corrected chi connectivity index (χ2v) is 3.47. The van der Waals surface area contributed by atoms with E-state index in [0.717, 1.165) is 5.92 Å². The van der Waals surface area contributed by atoms with Gasteiger partial charge in [-0.05, 0) is 23.7 Å². The Kier molecular flexibility index (Phi) is 0.778. The number of hydrogen-bond acceptors (Lipinski definition) is 0. The van der Waals surface area contributed by atoms with Gasteiger partial charge in [-0.3, -0.25) is 0 Å². The third kappa shape index (κ3) is 0.416. The molecule has 0 heteroatoms. The van der Waals surface area contributed by atoms with Gasteiger partial charge in [0.15, 0.2) is 0 Å². The van der Waals surface area contributed by atoms with Crippen LogP contribution >= 0.6 is 0 Å². The molecule has 2 fully saturated rings. The van der Waals surface area contributed by atoms with Gasteiger partial charge in [-0.15, -0.1) is 0 Å². The van der Waals surface area contributed by atoms with Crippen LogP contribution in [0, 0.1) is 23.7 Å². The summed E-state index contributed by atoms with van der Waals surface area (Å²) in [5.74, 6) is 4.73. The van der Waals surface area contributed by atoms with Crippen molar-refractivity contribution >= 4 is 0 Å². The van der Waals surface area contributed by atoms with E-state index in [0.29, 0.717) is 0 Å². The van der Waals surface area contributed by atoms with Gasteiger partial charge < -0.3 is 0 Å². The summed E-state index contributed by atoms with van der Waals surface area (Å²) in [6.07, 6.45) is 2.92. The Hall–Kier alpha value is 0. The Bertz CT molecular complexity index is 96.6. The molecule has 46 valence electrons. The minimum absolute atomic E-state index is 1.13. The zero-order chi connectivity index (χ0) is 5.72. The maximum absolute atomic E-state index is 2.39. The van der Waals surface area contributed by atoms with Crippen LogP contribution in [0.15, 0.2) is 0 Å². The van der Waals surface area contributed by atoms with Gasteiger partial charge in [0, 0.05) is 0 Å². The van der Waals surface area contributed by atoms with Crippen LogP contribution in [-0.4, -0.2) is 0 Å². The fourth-order valence-corrected chi connectivity index (χ4v) is 2.31.